The number of allylic oxidation sites excluding steroid dienone is 1. The summed E-state index contributed by atoms with van der Waals surface area (Å²) < 4.78 is 5.40. The number of carbonyl (C=O) groups excluding carboxylic acids is 2. The number of hydrogen-bond donors (Lipinski definition) is 3. The van der Waals surface area contributed by atoms with Crippen LogP contribution in [0.3, 0.4) is 0 Å². The first-order valence-corrected chi connectivity index (χ1v) is 7.03. The highest BCUT2D eigenvalue weighted by Crippen LogP contribution is 2.12. The van der Waals surface area contributed by atoms with Crippen LogP contribution in [0.2, 0.25) is 0 Å². The summed E-state index contributed by atoms with van der Waals surface area (Å²) >= 11 is 0. The Morgan fingerprint density at radius 2 is 2.09 bits per heavy atom. The first-order valence-electron chi connectivity index (χ1n) is 7.03. The second kappa shape index (κ2) is 9.41. The molecule has 4 N–H and O–H groups in total. The van der Waals surface area contributed by atoms with Gasteiger partial charge in [-0.05, 0) is 43.3 Å². The average molecular weight is 316 g/mol. The van der Waals surface area contributed by atoms with Crippen LogP contribution in [0.5, 0.6) is 5.75 Å². The number of benzene rings is 1. The molecule has 1 rings (SSSR count). The van der Waals surface area contributed by atoms with E-state index in [1.165, 1.54) is 6.08 Å². The molecule has 0 aliphatic heterocycles. The van der Waals surface area contributed by atoms with Gasteiger partial charge in [-0.3, -0.25) is 9.59 Å². The number of aliphatic hydroxyl groups is 1. The first kappa shape index (κ1) is 18.4. The molecule has 0 unspecified atom stereocenters. The van der Waals surface area contributed by atoms with Gasteiger partial charge in [0.15, 0.2) is 5.78 Å². The van der Waals surface area contributed by atoms with E-state index >= 15 is 0 Å². The van der Waals surface area contributed by atoms with Crippen molar-refractivity contribution in [3.8, 4) is 18.1 Å². The van der Waals surface area contributed by atoms with Crippen molar-refractivity contribution in [2.75, 3.05) is 13.2 Å². The Kier molecular flexibility index (Phi) is 7.54. The molecule has 0 saturated carbocycles. The lowest BCUT2D eigenvalue weighted by Crippen LogP contribution is -2.52. The number of aliphatic hydroxyl groups excluding tert-OH is 1. The molecule has 1 aromatic carbocycles. The molecular weight excluding hydrogens is 296 g/mol. The molecule has 23 heavy (non-hydrogen) atoms. The lowest BCUT2D eigenvalue weighted by Gasteiger charge is -2.20. The lowest BCUT2D eigenvalue weighted by atomic mass is 10.1. The highest BCUT2D eigenvalue weighted by molar-refractivity contribution is 5.98. The number of amides is 1. The van der Waals surface area contributed by atoms with Crippen molar-refractivity contribution < 1.29 is 19.4 Å². The summed E-state index contributed by atoms with van der Waals surface area (Å²) in [6.07, 6.45) is 8.29. The van der Waals surface area contributed by atoms with E-state index in [0.29, 0.717) is 17.9 Å². The Hall–Kier alpha value is -2.62. The molecular formula is C17H20N2O4. The van der Waals surface area contributed by atoms with Gasteiger partial charge in [-0.15, -0.1) is 6.42 Å². The summed E-state index contributed by atoms with van der Waals surface area (Å²) in [5, 5.41) is 11.4. The third-order valence-corrected chi connectivity index (χ3v) is 2.99. The van der Waals surface area contributed by atoms with E-state index in [4.69, 9.17) is 22.0 Å². The predicted molar refractivity (Wildman–Crippen MR) is 86.9 cm³/mol. The zero-order valence-corrected chi connectivity index (χ0v) is 12.9. The Labute approximate surface area is 135 Å². The van der Waals surface area contributed by atoms with Gasteiger partial charge in [-0.1, -0.05) is 5.92 Å². The standard InChI is InChI=1S/C17H20N2O4/c1-3-4-5-10-23-14-8-6-13(7-9-14)17(22)19-16(12(2)18)15(21)11-20/h1,4-9,12,16,20H,10-11,18H2,2H3,(H,19,22)/b5-4+/t12-,16+/m1/s1. The fraction of sp³-hybridized carbons (Fsp3) is 0.294. The summed E-state index contributed by atoms with van der Waals surface area (Å²) in [7, 11) is 0. The molecule has 0 saturated heterocycles. The number of Topliss-reactive ketones (excluding diaryl/α,β-unsaturated/α-hetero) is 1. The minimum absolute atomic E-state index is 0.327. The normalized spacial score (nSPS) is 13.1. The van der Waals surface area contributed by atoms with E-state index in [-0.39, 0.29) is 0 Å². The molecule has 0 aliphatic rings. The number of carbonyl (C=O) groups is 2. The Morgan fingerprint density at radius 1 is 1.43 bits per heavy atom. The predicted octanol–water partition coefficient (Wildman–Crippen LogP) is 0.262. The second-order valence-corrected chi connectivity index (χ2v) is 4.84. The SMILES string of the molecule is C#C/C=C/COc1ccc(C(=O)N[C@H](C(=O)CO)[C@@H](C)N)cc1. The molecule has 122 valence electrons. The van der Waals surface area contributed by atoms with E-state index in [2.05, 4.69) is 11.2 Å². The van der Waals surface area contributed by atoms with E-state index in [1.807, 2.05) is 0 Å². The maximum Gasteiger partial charge on any atom is 0.251 e. The number of ether oxygens (including phenoxy) is 1. The highest BCUT2D eigenvalue weighted by Gasteiger charge is 2.24. The molecule has 6 nitrogen and oxygen atoms in total. The average Bonchev–Trinajstić information content (AvgIpc) is 2.56. The summed E-state index contributed by atoms with van der Waals surface area (Å²) in [5.41, 5.74) is 6.01. The third-order valence-electron chi connectivity index (χ3n) is 2.99. The Bertz CT molecular complexity index is 600. The van der Waals surface area contributed by atoms with Crippen molar-refractivity contribution in [2.45, 2.75) is 19.0 Å². The molecule has 0 aliphatic carbocycles. The molecule has 0 spiro atoms. The lowest BCUT2D eigenvalue weighted by molar-refractivity contribution is -0.123. The van der Waals surface area contributed by atoms with Gasteiger partial charge in [-0.2, -0.15) is 0 Å². The quantitative estimate of drug-likeness (QED) is 0.597. The van der Waals surface area contributed by atoms with Crippen LogP contribution in [0.15, 0.2) is 36.4 Å². The van der Waals surface area contributed by atoms with E-state index in [1.54, 1.807) is 37.3 Å². The van der Waals surface area contributed by atoms with Crippen LogP contribution >= 0.6 is 0 Å². The van der Waals surface area contributed by atoms with Crippen molar-refractivity contribution >= 4 is 11.7 Å². The smallest absolute Gasteiger partial charge is 0.251 e. The largest absolute Gasteiger partial charge is 0.490 e. The molecule has 6 heteroatoms. The maximum absolute atomic E-state index is 12.1. The number of nitrogens with one attached hydrogen (secondary N) is 1. The molecule has 0 bridgehead atoms. The van der Waals surface area contributed by atoms with Gasteiger partial charge in [0.2, 0.25) is 0 Å². The zero-order chi connectivity index (χ0) is 17.2. The van der Waals surface area contributed by atoms with Crippen LogP contribution < -0.4 is 15.8 Å². The molecule has 1 aromatic rings. The second-order valence-electron chi connectivity index (χ2n) is 4.84. The molecule has 0 aromatic heterocycles. The van der Waals surface area contributed by atoms with Crippen LogP contribution in [-0.2, 0) is 4.79 Å². The Morgan fingerprint density at radius 3 is 2.61 bits per heavy atom. The molecule has 0 radical (unpaired) electrons. The van der Waals surface area contributed by atoms with Crippen LogP contribution in [0.4, 0.5) is 0 Å². The van der Waals surface area contributed by atoms with E-state index in [0.717, 1.165) is 0 Å². The summed E-state index contributed by atoms with van der Waals surface area (Å²) in [6, 6.07) is 4.86. The number of hydrogen-bond acceptors (Lipinski definition) is 5. The highest BCUT2D eigenvalue weighted by atomic mass is 16.5. The van der Waals surface area contributed by atoms with Gasteiger partial charge in [0.05, 0.1) is 0 Å². The fourth-order valence-corrected chi connectivity index (χ4v) is 1.79. The topological polar surface area (TPSA) is 102 Å². The van der Waals surface area contributed by atoms with Gasteiger partial charge in [0, 0.05) is 11.6 Å². The summed E-state index contributed by atoms with van der Waals surface area (Å²) in [5.74, 6) is 1.95. The molecule has 0 heterocycles. The van der Waals surface area contributed by atoms with Crippen LogP contribution in [0, 0.1) is 12.3 Å². The van der Waals surface area contributed by atoms with Crippen molar-refractivity contribution in [3.05, 3.63) is 42.0 Å². The van der Waals surface area contributed by atoms with Crippen molar-refractivity contribution in [1.29, 1.82) is 0 Å². The van der Waals surface area contributed by atoms with Gasteiger partial charge >= 0.3 is 0 Å². The monoisotopic (exact) mass is 316 g/mol. The van der Waals surface area contributed by atoms with E-state index < -0.39 is 30.4 Å². The molecule has 1 amide bonds. The van der Waals surface area contributed by atoms with Crippen molar-refractivity contribution in [1.82, 2.24) is 5.32 Å². The van der Waals surface area contributed by atoms with Gasteiger partial charge in [0.25, 0.3) is 5.91 Å². The van der Waals surface area contributed by atoms with Crippen molar-refractivity contribution in [3.63, 3.8) is 0 Å². The van der Waals surface area contributed by atoms with Gasteiger partial charge in [-0.25, -0.2) is 0 Å². The van der Waals surface area contributed by atoms with Crippen LogP contribution in [0.1, 0.15) is 17.3 Å². The number of rotatable bonds is 8. The minimum atomic E-state index is -0.933. The number of ketones is 1. The summed E-state index contributed by atoms with van der Waals surface area (Å²) in [4.78, 5) is 23.7. The van der Waals surface area contributed by atoms with Gasteiger partial charge < -0.3 is 20.9 Å². The first-order chi connectivity index (χ1) is 11.0. The molecule has 2 atom stereocenters. The van der Waals surface area contributed by atoms with Crippen molar-refractivity contribution in [2.24, 2.45) is 5.73 Å². The zero-order valence-electron chi connectivity index (χ0n) is 12.9. The van der Waals surface area contributed by atoms with E-state index in [9.17, 15) is 9.59 Å². The number of terminal acetylenes is 1. The maximum atomic E-state index is 12.1. The number of nitrogens with two attached hydrogens (primary N) is 1. The summed E-state index contributed by atoms with van der Waals surface area (Å²) in [6.45, 7) is 1.23. The van der Waals surface area contributed by atoms with Crippen LogP contribution in [-0.4, -0.2) is 42.1 Å². The fourth-order valence-electron chi connectivity index (χ4n) is 1.79. The van der Waals surface area contributed by atoms with Crippen LogP contribution in [0.25, 0.3) is 0 Å². The Balaban J connectivity index is 2.68. The minimum Gasteiger partial charge on any atom is -0.490 e. The van der Waals surface area contributed by atoms with Gasteiger partial charge in [0.1, 0.15) is 25.0 Å². The third kappa shape index (κ3) is 5.94. The molecule has 0 fully saturated rings.